The first-order valence-corrected chi connectivity index (χ1v) is 7.08. The van der Waals surface area contributed by atoms with E-state index in [4.69, 9.17) is 17.2 Å². The van der Waals surface area contributed by atoms with E-state index in [0.717, 1.165) is 0 Å². The Hall–Kier alpha value is 1.15. The fraction of sp³-hybridized carbons (Fsp3) is 0. The number of benzene rings is 1. The topological polar surface area (TPSA) is 112 Å². The molecule has 0 saturated heterocycles. The molecule has 0 aliphatic carbocycles. The van der Waals surface area contributed by atoms with Gasteiger partial charge in [-0.05, 0) is 67.8 Å². The molecule has 1 aromatic rings. The van der Waals surface area contributed by atoms with Crippen molar-refractivity contribution >= 4 is 85.3 Å². The second kappa shape index (κ2) is 7.07. The van der Waals surface area contributed by atoms with Crippen LogP contribution in [-0.2, 0) is 0 Å². The molecular weight excluding hydrogens is 574 g/mol. The van der Waals surface area contributed by atoms with Crippen LogP contribution in [0.2, 0.25) is 0 Å². The first-order chi connectivity index (χ1) is 7.29. The van der Waals surface area contributed by atoms with Gasteiger partial charge in [-0.2, -0.15) is 0 Å². The maximum absolute atomic E-state index is 11.3. The normalized spacial score (nSPS) is 9.59. The molecule has 0 fully saturated rings. The maximum Gasteiger partial charge on any atom is 1.00 e. The molecule has 1 rings (SSSR count). The number of primary amides is 2. The molecule has 0 aliphatic heterocycles. The van der Waals surface area contributed by atoms with Crippen molar-refractivity contribution in [1.82, 2.24) is 0 Å². The summed E-state index contributed by atoms with van der Waals surface area (Å²) in [5.74, 6) is -1.25. The fourth-order valence-electron chi connectivity index (χ4n) is 1.12. The molecule has 88 valence electrons. The average molecular weight is 581 g/mol. The van der Waals surface area contributed by atoms with Crippen LogP contribution in [0, 0.1) is 10.7 Å². The van der Waals surface area contributed by atoms with E-state index in [9.17, 15) is 9.59 Å². The summed E-state index contributed by atoms with van der Waals surface area (Å²) in [6.07, 6.45) is 0. The SMILES string of the molecule is NC(=O)c1c(I)c(N)c(I)c(C(N)=O)c1I.[H-].[Na+]. The van der Waals surface area contributed by atoms with Crippen molar-refractivity contribution in [3.8, 4) is 0 Å². The van der Waals surface area contributed by atoms with Crippen molar-refractivity contribution < 1.29 is 40.6 Å². The van der Waals surface area contributed by atoms with Crippen LogP contribution in [0.1, 0.15) is 22.1 Å². The summed E-state index contributed by atoms with van der Waals surface area (Å²) in [6.45, 7) is 0. The number of carbonyl (C=O) groups excluding carboxylic acids is 2. The van der Waals surface area contributed by atoms with Crippen LogP contribution in [0.3, 0.4) is 0 Å². The van der Waals surface area contributed by atoms with Crippen molar-refractivity contribution in [2.45, 2.75) is 0 Å². The van der Waals surface area contributed by atoms with E-state index in [0.29, 0.717) is 16.4 Å². The van der Waals surface area contributed by atoms with Crippen molar-refractivity contribution in [3.63, 3.8) is 0 Å². The zero-order valence-electron chi connectivity index (χ0n) is 9.68. The van der Waals surface area contributed by atoms with Crippen LogP contribution < -0.4 is 46.8 Å². The van der Waals surface area contributed by atoms with Crippen molar-refractivity contribution in [1.29, 1.82) is 0 Å². The van der Waals surface area contributed by atoms with Gasteiger partial charge in [0.15, 0.2) is 0 Å². The third-order valence-electron chi connectivity index (χ3n) is 1.84. The average Bonchev–Trinajstić information content (AvgIpc) is 2.13. The van der Waals surface area contributed by atoms with Gasteiger partial charge in [-0.3, -0.25) is 9.59 Å². The Morgan fingerprint density at radius 3 is 1.41 bits per heavy atom. The van der Waals surface area contributed by atoms with Gasteiger partial charge >= 0.3 is 29.6 Å². The Balaban J connectivity index is 0. The summed E-state index contributed by atoms with van der Waals surface area (Å²) in [5, 5.41) is 0. The van der Waals surface area contributed by atoms with E-state index in [-0.39, 0.29) is 42.1 Å². The Labute approximate surface area is 162 Å². The third-order valence-corrected chi connectivity index (χ3v) is 5.16. The molecule has 0 radical (unpaired) electrons. The molecule has 0 aliphatic rings. The van der Waals surface area contributed by atoms with Gasteiger partial charge < -0.3 is 18.6 Å². The second-order valence-electron chi connectivity index (χ2n) is 2.83. The molecular formula is C8H7I3N3NaO2. The van der Waals surface area contributed by atoms with Crippen LogP contribution >= 0.6 is 67.8 Å². The quantitative estimate of drug-likeness (QED) is 0.223. The van der Waals surface area contributed by atoms with Crippen LogP contribution in [0.5, 0.6) is 0 Å². The molecule has 0 saturated carbocycles. The number of anilines is 1. The number of hydrogen-bond acceptors (Lipinski definition) is 3. The summed E-state index contributed by atoms with van der Waals surface area (Å²) in [6, 6.07) is 0. The molecule has 5 nitrogen and oxygen atoms in total. The predicted octanol–water partition coefficient (Wildman–Crippen LogP) is -1.60. The molecule has 0 aromatic heterocycles. The Morgan fingerprint density at radius 2 is 1.18 bits per heavy atom. The maximum atomic E-state index is 11.3. The van der Waals surface area contributed by atoms with Gasteiger partial charge in [0.25, 0.3) is 11.8 Å². The zero-order chi connectivity index (χ0) is 12.6. The Kier molecular flexibility index (Phi) is 7.55. The van der Waals surface area contributed by atoms with Gasteiger partial charge in [-0.25, -0.2) is 0 Å². The largest absolute Gasteiger partial charge is 1.00 e. The number of rotatable bonds is 2. The van der Waals surface area contributed by atoms with Gasteiger partial charge in [-0.1, -0.05) is 0 Å². The van der Waals surface area contributed by atoms with E-state index >= 15 is 0 Å². The number of carbonyl (C=O) groups is 2. The molecule has 1 aromatic carbocycles. The molecule has 0 heterocycles. The molecule has 0 bridgehead atoms. The predicted molar refractivity (Wildman–Crippen MR) is 87.2 cm³/mol. The zero-order valence-corrected chi connectivity index (χ0v) is 17.2. The minimum absolute atomic E-state index is 0. The minimum atomic E-state index is -0.626. The van der Waals surface area contributed by atoms with Crippen LogP contribution in [0.4, 0.5) is 5.69 Å². The van der Waals surface area contributed by atoms with Gasteiger partial charge in [0.2, 0.25) is 0 Å². The molecule has 0 atom stereocenters. The van der Waals surface area contributed by atoms with Crippen molar-refractivity contribution in [2.24, 2.45) is 11.5 Å². The summed E-state index contributed by atoms with van der Waals surface area (Å²) in [5.41, 5.74) is 17.1. The van der Waals surface area contributed by atoms with E-state index < -0.39 is 11.8 Å². The number of nitrogens with two attached hydrogens (primary N) is 3. The van der Waals surface area contributed by atoms with E-state index in [1.165, 1.54) is 0 Å². The molecule has 6 N–H and O–H groups in total. The van der Waals surface area contributed by atoms with Gasteiger partial charge in [0.1, 0.15) is 0 Å². The molecule has 9 heteroatoms. The Bertz CT molecular complexity index is 472. The van der Waals surface area contributed by atoms with Crippen molar-refractivity contribution in [3.05, 3.63) is 21.8 Å². The number of hydrogen-bond donors (Lipinski definition) is 3. The fourth-order valence-corrected chi connectivity index (χ4v) is 5.35. The minimum Gasteiger partial charge on any atom is -1.00 e. The van der Waals surface area contributed by atoms with Gasteiger partial charge in [-0.15, -0.1) is 0 Å². The van der Waals surface area contributed by atoms with Crippen molar-refractivity contribution in [2.75, 3.05) is 5.73 Å². The van der Waals surface area contributed by atoms with E-state index in [1.807, 2.05) is 67.8 Å². The Morgan fingerprint density at radius 1 is 0.882 bits per heavy atom. The summed E-state index contributed by atoms with van der Waals surface area (Å²) >= 11 is 5.72. The third kappa shape index (κ3) is 3.58. The number of nitrogen functional groups attached to an aromatic ring is 1. The van der Waals surface area contributed by atoms with E-state index in [2.05, 4.69) is 0 Å². The number of halogens is 3. The molecule has 2 amide bonds. The summed E-state index contributed by atoms with van der Waals surface area (Å²) in [7, 11) is 0. The van der Waals surface area contributed by atoms with Crippen LogP contribution in [0.15, 0.2) is 0 Å². The first kappa shape index (κ1) is 18.1. The van der Waals surface area contributed by atoms with Crippen LogP contribution in [0.25, 0.3) is 0 Å². The monoisotopic (exact) mass is 581 g/mol. The molecule has 0 spiro atoms. The van der Waals surface area contributed by atoms with E-state index in [1.54, 1.807) is 0 Å². The smallest absolute Gasteiger partial charge is 1.00 e. The summed E-state index contributed by atoms with van der Waals surface area (Å²) < 4.78 is 1.54. The summed E-state index contributed by atoms with van der Waals surface area (Å²) in [4.78, 5) is 22.6. The van der Waals surface area contributed by atoms with Gasteiger partial charge in [0, 0.05) is 3.57 Å². The van der Waals surface area contributed by atoms with Crippen LogP contribution in [-0.4, -0.2) is 11.8 Å². The molecule has 17 heavy (non-hydrogen) atoms. The first-order valence-electron chi connectivity index (χ1n) is 3.84. The standard InChI is InChI=1S/C8H6I3N3O2.Na.H/c9-3-1(7(13)15)4(10)6(12)5(11)2(3)8(14)16;;/h12H2,(H2,13,15)(H2,14,16);;/q;+1;-1. The number of amides is 2. The molecule has 0 unspecified atom stereocenters. The second-order valence-corrected chi connectivity index (χ2v) is 6.07. The van der Waals surface area contributed by atoms with Gasteiger partial charge in [0.05, 0.1) is 24.0 Å².